The van der Waals surface area contributed by atoms with Crippen molar-refractivity contribution in [1.82, 2.24) is 9.78 Å². The average molecular weight is 353 g/mol. The molecule has 0 radical (unpaired) electrons. The van der Waals surface area contributed by atoms with Crippen molar-refractivity contribution in [2.24, 2.45) is 0 Å². The fourth-order valence-electron chi connectivity index (χ4n) is 2.63. The highest BCUT2D eigenvalue weighted by Crippen LogP contribution is 2.18. The zero-order valence-corrected chi connectivity index (χ0v) is 14.9. The first-order valence-corrected chi connectivity index (χ1v) is 8.23. The number of hydrogen-bond donors (Lipinski definition) is 1. The molecule has 6 heteroatoms. The van der Waals surface area contributed by atoms with Gasteiger partial charge in [-0.05, 0) is 67.8 Å². The van der Waals surface area contributed by atoms with E-state index in [1.807, 2.05) is 32.9 Å². The molecule has 1 aromatic heterocycles. The summed E-state index contributed by atoms with van der Waals surface area (Å²) in [6, 6.07) is 12.0. The zero-order valence-electron chi connectivity index (χ0n) is 14.9. The van der Waals surface area contributed by atoms with Gasteiger partial charge in [-0.3, -0.25) is 4.79 Å². The minimum atomic E-state index is -0.485. The Kier molecular flexibility index (Phi) is 5.02. The number of aromatic nitrogens is 2. The second-order valence-electron chi connectivity index (χ2n) is 6.27. The molecule has 0 aliphatic heterocycles. The van der Waals surface area contributed by atoms with Crippen LogP contribution in [0.2, 0.25) is 0 Å². The van der Waals surface area contributed by atoms with Crippen molar-refractivity contribution < 1.29 is 13.9 Å². The lowest BCUT2D eigenvalue weighted by atomic mass is 10.1. The number of benzene rings is 2. The number of carbonyl (C=O) groups excluding carboxylic acids is 1. The van der Waals surface area contributed by atoms with E-state index in [4.69, 9.17) is 4.74 Å². The van der Waals surface area contributed by atoms with E-state index in [1.54, 1.807) is 24.4 Å². The van der Waals surface area contributed by atoms with Crippen LogP contribution in [0.3, 0.4) is 0 Å². The van der Waals surface area contributed by atoms with Crippen LogP contribution in [0.25, 0.3) is 0 Å². The number of ether oxygens (including phenoxy) is 1. The third-order valence-electron chi connectivity index (χ3n) is 3.80. The van der Waals surface area contributed by atoms with Crippen molar-refractivity contribution in [2.75, 3.05) is 5.32 Å². The maximum Gasteiger partial charge on any atom is 0.276 e. The first-order valence-electron chi connectivity index (χ1n) is 8.23. The van der Waals surface area contributed by atoms with E-state index < -0.39 is 11.7 Å². The Balaban J connectivity index is 1.65. The van der Waals surface area contributed by atoms with Gasteiger partial charge in [0, 0.05) is 6.20 Å². The van der Waals surface area contributed by atoms with Crippen LogP contribution in [0, 0.1) is 26.6 Å². The lowest BCUT2D eigenvalue weighted by Gasteiger charge is -2.08. The first kappa shape index (κ1) is 17.7. The molecule has 1 amide bonds. The van der Waals surface area contributed by atoms with E-state index >= 15 is 0 Å². The molecule has 1 heterocycles. The monoisotopic (exact) mass is 353 g/mol. The third-order valence-corrected chi connectivity index (χ3v) is 3.80. The number of nitrogens with one attached hydrogen (secondary N) is 1. The summed E-state index contributed by atoms with van der Waals surface area (Å²) in [5, 5.41) is 6.71. The molecule has 5 nitrogen and oxygen atoms in total. The van der Waals surface area contributed by atoms with Crippen LogP contribution in [-0.2, 0) is 6.73 Å². The zero-order chi connectivity index (χ0) is 18.7. The molecule has 0 spiro atoms. The molecule has 134 valence electrons. The molecule has 0 bridgehead atoms. The number of anilines is 1. The standard InChI is InChI=1S/C20H20FN3O2/c1-13-4-5-17(21)19(11-13)22-20(25)18-6-7-24(23-18)12-26-16-9-14(2)8-15(3)10-16/h4-11H,12H2,1-3H3,(H,22,25). The quantitative estimate of drug-likeness (QED) is 0.746. The smallest absolute Gasteiger partial charge is 0.276 e. The molecule has 0 aliphatic carbocycles. The Morgan fingerprint density at radius 3 is 2.54 bits per heavy atom. The van der Waals surface area contributed by atoms with Crippen LogP contribution in [0.1, 0.15) is 27.2 Å². The van der Waals surface area contributed by atoms with Crippen molar-refractivity contribution in [3.05, 3.63) is 76.9 Å². The number of carbonyl (C=O) groups is 1. The summed E-state index contributed by atoms with van der Waals surface area (Å²) in [5.41, 5.74) is 3.40. The lowest BCUT2D eigenvalue weighted by molar-refractivity contribution is 0.101. The van der Waals surface area contributed by atoms with Crippen LogP contribution in [0.5, 0.6) is 5.75 Å². The van der Waals surface area contributed by atoms with Crippen molar-refractivity contribution >= 4 is 11.6 Å². The molecule has 1 N–H and O–H groups in total. The molecular formula is C20H20FN3O2. The van der Waals surface area contributed by atoms with Gasteiger partial charge in [0.05, 0.1) is 5.69 Å². The number of nitrogens with zero attached hydrogens (tertiary/aromatic N) is 2. The van der Waals surface area contributed by atoms with E-state index in [0.29, 0.717) is 0 Å². The maximum atomic E-state index is 13.8. The topological polar surface area (TPSA) is 56.1 Å². The minimum absolute atomic E-state index is 0.135. The molecule has 0 aliphatic rings. The first-order chi connectivity index (χ1) is 12.4. The van der Waals surface area contributed by atoms with Crippen molar-refractivity contribution in [3.8, 4) is 5.75 Å². The second kappa shape index (κ2) is 7.39. The maximum absolute atomic E-state index is 13.8. The van der Waals surface area contributed by atoms with E-state index in [0.717, 1.165) is 22.4 Å². The third kappa shape index (κ3) is 4.27. The van der Waals surface area contributed by atoms with Crippen LogP contribution >= 0.6 is 0 Å². The number of amides is 1. The number of rotatable bonds is 5. The Morgan fingerprint density at radius 1 is 1.08 bits per heavy atom. The predicted molar refractivity (Wildman–Crippen MR) is 97.9 cm³/mol. The van der Waals surface area contributed by atoms with Crippen LogP contribution in [-0.4, -0.2) is 15.7 Å². The molecule has 0 saturated carbocycles. The fourth-order valence-corrected chi connectivity index (χ4v) is 2.63. The van der Waals surface area contributed by atoms with E-state index in [2.05, 4.69) is 16.5 Å². The molecule has 2 aromatic carbocycles. The molecular weight excluding hydrogens is 333 g/mol. The van der Waals surface area contributed by atoms with Crippen LogP contribution < -0.4 is 10.1 Å². The Morgan fingerprint density at radius 2 is 1.81 bits per heavy atom. The number of aryl methyl sites for hydroxylation is 3. The van der Waals surface area contributed by atoms with E-state index in [1.165, 1.54) is 10.7 Å². The van der Waals surface area contributed by atoms with Gasteiger partial charge in [0.15, 0.2) is 12.4 Å². The highest BCUT2D eigenvalue weighted by Gasteiger charge is 2.12. The van der Waals surface area contributed by atoms with Gasteiger partial charge >= 0.3 is 0 Å². The summed E-state index contributed by atoms with van der Waals surface area (Å²) in [5.74, 6) is -0.216. The molecule has 3 rings (SSSR count). The van der Waals surface area contributed by atoms with Gasteiger partial charge in [-0.25, -0.2) is 9.07 Å². The summed E-state index contributed by atoms with van der Waals surface area (Å²) in [7, 11) is 0. The Bertz CT molecular complexity index is 930. The van der Waals surface area contributed by atoms with Gasteiger partial charge < -0.3 is 10.1 Å². The molecule has 0 atom stereocenters. The van der Waals surface area contributed by atoms with Crippen LogP contribution in [0.4, 0.5) is 10.1 Å². The summed E-state index contributed by atoms with van der Waals surface area (Å²) in [4.78, 5) is 12.3. The largest absolute Gasteiger partial charge is 0.471 e. The Labute approximate surface area is 151 Å². The summed E-state index contributed by atoms with van der Waals surface area (Å²) >= 11 is 0. The Hall–Kier alpha value is -3.15. The normalized spacial score (nSPS) is 10.6. The molecule has 0 fully saturated rings. The van der Waals surface area contributed by atoms with Gasteiger partial charge in [-0.1, -0.05) is 12.1 Å². The number of hydrogen-bond acceptors (Lipinski definition) is 3. The van der Waals surface area contributed by atoms with Gasteiger partial charge in [-0.15, -0.1) is 0 Å². The van der Waals surface area contributed by atoms with Crippen LogP contribution in [0.15, 0.2) is 48.7 Å². The van der Waals surface area contributed by atoms with Crippen molar-refractivity contribution in [1.29, 1.82) is 0 Å². The SMILES string of the molecule is Cc1cc(C)cc(OCn2ccc(C(=O)Nc3cc(C)ccc3F)n2)c1. The number of halogens is 1. The van der Waals surface area contributed by atoms with Gasteiger partial charge in [-0.2, -0.15) is 5.10 Å². The van der Waals surface area contributed by atoms with Crippen molar-refractivity contribution in [2.45, 2.75) is 27.5 Å². The second-order valence-corrected chi connectivity index (χ2v) is 6.27. The molecule has 0 saturated heterocycles. The van der Waals surface area contributed by atoms with Crippen molar-refractivity contribution in [3.63, 3.8) is 0 Å². The summed E-state index contributed by atoms with van der Waals surface area (Å²) < 4.78 is 21.0. The summed E-state index contributed by atoms with van der Waals surface area (Å²) in [6.07, 6.45) is 1.64. The van der Waals surface area contributed by atoms with Gasteiger partial charge in [0.1, 0.15) is 11.6 Å². The highest BCUT2D eigenvalue weighted by atomic mass is 19.1. The molecule has 26 heavy (non-hydrogen) atoms. The van der Waals surface area contributed by atoms with E-state index in [9.17, 15) is 9.18 Å². The predicted octanol–water partition coefficient (Wildman–Crippen LogP) is 4.24. The highest BCUT2D eigenvalue weighted by molar-refractivity contribution is 6.02. The van der Waals surface area contributed by atoms with Gasteiger partial charge in [0.25, 0.3) is 5.91 Å². The molecule has 0 unspecified atom stereocenters. The fraction of sp³-hybridized carbons (Fsp3) is 0.200. The lowest BCUT2D eigenvalue weighted by Crippen LogP contribution is -2.15. The molecule has 3 aromatic rings. The average Bonchev–Trinajstić information content (AvgIpc) is 3.04. The summed E-state index contributed by atoms with van der Waals surface area (Å²) in [6.45, 7) is 6.00. The van der Waals surface area contributed by atoms with E-state index in [-0.39, 0.29) is 18.1 Å². The minimum Gasteiger partial charge on any atom is -0.471 e. The van der Waals surface area contributed by atoms with Gasteiger partial charge in [0.2, 0.25) is 0 Å².